The van der Waals surface area contributed by atoms with E-state index in [0.29, 0.717) is 5.75 Å². The molecule has 3 N–H and O–H groups in total. The summed E-state index contributed by atoms with van der Waals surface area (Å²) in [6.07, 6.45) is 0.760. The third-order valence-electron chi connectivity index (χ3n) is 2.49. The van der Waals surface area contributed by atoms with Crippen LogP contribution in [0.25, 0.3) is 0 Å². The minimum absolute atomic E-state index is 0.0119. The maximum absolute atomic E-state index is 11.6. The first kappa shape index (κ1) is 13.9. The molecule has 0 aromatic rings. The summed E-state index contributed by atoms with van der Waals surface area (Å²) >= 11 is 0. The lowest BCUT2D eigenvalue weighted by Gasteiger charge is -2.21. The van der Waals surface area contributed by atoms with Gasteiger partial charge in [0.1, 0.15) is 6.04 Å². The Morgan fingerprint density at radius 2 is 2.18 bits per heavy atom. The first-order valence-corrected chi connectivity index (χ1v) is 6.90. The number of carboxylic acids is 1. The van der Waals surface area contributed by atoms with Crippen molar-refractivity contribution in [2.24, 2.45) is 0 Å². The average Bonchev–Trinajstić information content (AvgIpc) is 2.59. The lowest BCUT2D eigenvalue weighted by molar-refractivity contribution is -0.141. The van der Waals surface area contributed by atoms with Crippen molar-refractivity contribution in [2.75, 3.05) is 25.1 Å². The number of aliphatic carboxylic acids is 1. The van der Waals surface area contributed by atoms with E-state index in [2.05, 4.69) is 5.32 Å². The molecule has 1 aliphatic heterocycles. The Bertz CT molecular complexity index is 335. The predicted molar refractivity (Wildman–Crippen MR) is 61.1 cm³/mol. The molecule has 2 amide bonds. The van der Waals surface area contributed by atoms with Gasteiger partial charge in [-0.3, -0.25) is 4.21 Å². The normalized spacial score (nSPS) is 25.6. The van der Waals surface area contributed by atoms with Crippen LogP contribution in [0.2, 0.25) is 0 Å². The summed E-state index contributed by atoms with van der Waals surface area (Å²) < 4.78 is 10.8. The van der Waals surface area contributed by atoms with Crippen LogP contribution in [0.15, 0.2) is 0 Å². The second-order valence-corrected chi connectivity index (χ2v) is 5.46. The minimum atomic E-state index is -1.13. The van der Waals surface area contributed by atoms with Crippen LogP contribution < -0.4 is 5.32 Å². The molecule has 0 aliphatic carbocycles. The summed E-state index contributed by atoms with van der Waals surface area (Å²) in [5.41, 5.74) is 0. The van der Waals surface area contributed by atoms with Gasteiger partial charge in [-0.05, 0) is 0 Å². The number of amides is 2. The number of carboxylic acid groups (broad SMARTS) is 1. The molecule has 8 heteroatoms. The van der Waals surface area contributed by atoms with Gasteiger partial charge in [0.15, 0.2) is 0 Å². The molecule has 1 saturated heterocycles. The Kier molecular flexibility index (Phi) is 4.88. The van der Waals surface area contributed by atoms with Crippen molar-refractivity contribution in [3.05, 3.63) is 0 Å². The van der Waals surface area contributed by atoms with Crippen LogP contribution in [0.5, 0.6) is 0 Å². The van der Waals surface area contributed by atoms with E-state index in [0.717, 1.165) is 4.90 Å². The molecule has 0 spiro atoms. The summed E-state index contributed by atoms with van der Waals surface area (Å²) in [6, 6.07) is -1.53. The number of β-amino-alcohol motifs (C(OH)–C–C–N with tert-alkyl or cyclic N) is 1. The third-order valence-corrected chi connectivity index (χ3v) is 3.27. The number of carbonyl (C=O) groups excluding carboxylic acids is 1. The molecular formula is C9H16N2O5S. The first-order valence-electron chi connectivity index (χ1n) is 5.17. The van der Waals surface area contributed by atoms with Gasteiger partial charge < -0.3 is 20.4 Å². The van der Waals surface area contributed by atoms with Crippen LogP contribution in [0.1, 0.15) is 6.42 Å². The number of aliphatic hydroxyl groups is 1. The number of nitrogens with one attached hydrogen (secondary N) is 1. The summed E-state index contributed by atoms with van der Waals surface area (Å²) in [5.74, 6) is -0.810. The van der Waals surface area contributed by atoms with Gasteiger partial charge >= 0.3 is 12.0 Å². The SMILES string of the molecule is CS(=O)CCNC(=O)N1C[C@H](O)C[C@@H]1C(=O)O. The maximum atomic E-state index is 11.6. The fourth-order valence-electron chi connectivity index (χ4n) is 1.68. The monoisotopic (exact) mass is 264 g/mol. The summed E-state index contributed by atoms with van der Waals surface area (Å²) in [4.78, 5) is 23.6. The fraction of sp³-hybridized carbons (Fsp3) is 0.778. The molecule has 1 unspecified atom stereocenters. The zero-order valence-electron chi connectivity index (χ0n) is 9.46. The van der Waals surface area contributed by atoms with Gasteiger partial charge in [0.25, 0.3) is 0 Å². The lowest BCUT2D eigenvalue weighted by Crippen LogP contribution is -2.47. The van der Waals surface area contributed by atoms with Crippen LogP contribution in [0, 0.1) is 0 Å². The Morgan fingerprint density at radius 3 is 2.71 bits per heavy atom. The number of hydrogen-bond acceptors (Lipinski definition) is 4. The van der Waals surface area contributed by atoms with E-state index in [4.69, 9.17) is 5.11 Å². The van der Waals surface area contributed by atoms with Crippen molar-refractivity contribution >= 4 is 22.8 Å². The molecule has 98 valence electrons. The standard InChI is InChI=1S/C9H16N2O5S/c1-17(16)3-2-10-9(15)11-5-6(12)4-7(11)8(13)14/h6-7,12H,2-5H2,1H3,(H,10,15)(H,13,14)/t6-,7-,17?/m1/s1. The fourth-order valence-corrected chi connectivity index (χ4v) is 2.07. The summed E-state index contributed by atoms with van der Waals surface area (Å²) in [6.45, 7) is 0.235. The number of aliphatic hydroxyl groups excluding tert-OH is 1. The van der Waals surface area contributed by atoms with E-state index in [9.17, 15) is 18.9 Å². The molecule has 0 aromatic heterocycles. The quantitative estimate of drug-likeness (QED) is 0.578. The van der Waals surface area contributed by atoms with Crippen LogP contribution in [-0.4, -0.2) is 68.6 Å². The largest absolute Gasteiger partial charge is 0.480 e. The Labute approximate surface area is 101 Å². The number of carbonyl (C=O) groups is 2. The van der Waals surface area contributed by atoms with E-state index >= 15 is 0 Å². The van der Waals surface area contributed by atoms with Gasteiger partial charge in [-0.15, -0.1) is 0 Å². The smallest absolute Gasteiger partial charge is 0.326 e. The molecule has 1 rings (SSSR count). The van der Waals surface area contributed by atoms with E-state index in [1.165, 1.54) is 6.26 Å². The number of rotatable bonds is 4. The zero-order chi connectivity index (χ0) is 13.0. The molecule has 17 heavy (non-hydrogen) atoms. The number of urea groups is 1. The molecule has 3 atom stereocenters. The highest BCUT2D eigenvalue weighted by atomic mass is 32.2. The molecule has 0 saturated carbocycles. The highest BCUT2D eigenvalue weighted by Crippen LogP contribution is 2.17. The molecule has 0 radical (unpaired) electrons. The van der Waals surface area contributed by atoms with Gasteiger partial charge in [-0.25, -0.2) is 9.59 Å². The molecule has 0 bridgehead atoms. The maximum Gasteiger partial charge on any atom is 0.326 e. The van der Waals surface area contributed by atoms with Gasteiger partial charge in [0, 0.05) is 42.3 Å². The Hall–Kier alpha value is -1.15. The van der Waals surface area contributed by atoms with Crippen molar-refractivity contribution in [1.82, 2.24) is 10.2 Å². The molecule has 7 nitrogen and oxygen atoms in total. The number of nitrogens with zero attached hydrogens (tertiary/aromatic N) is 1. The number of hydrogen-bond donors (Lipinski definition) is 3. The van der Waals surface area contributed by atoms with Crippen molar-refractivity contribution in [3.63, 3.8) is 0 Å². The second kappa shape index (κ2) is 5.97. The van der Waals surface area contributed by atoms with E-state index in [-0.39, 0.29) is 19.5 Å². The molecule has 0 aromatic carbocycles. The van der Waals surface area contributed by atoms with Crippen LogP contribution >= 0.6 is 0 Å². The van der Waals surface area contributed by atoms with Gasteiger partial charge in [-0.1, -0.05) is 0 Å². The van der Waals surface area contributed by atoms with Crippen LogP contribution in [0.4, 0.5) is 4.79 Å². The molecule has 1 aliphatic rings. The van der Waals surface area contributed by atoms with Crippen molar-refractivity contribution in [3.8, 4) is 0 Å². The highest BCUT2D eigenvalue weighted by Gasteiger charge is 2.38. The van der Waals surface area contributed by atoms with Gasteiger partial charge in [-0.2, -0.15) is 0 Å². The highest BCUT2D eigenvalue weighted by molar-refractivity contribution is 7.84. The van der Waals surface area contributed by atoms with E-state index < -0.39 is 34.9 Å². The lowest BCUT2D eigenvalue weighted by atomic mass is 10.2. The van der Waals surface area contributed by atoms with E-state index in [1.807, 2.05) is 0 Å². The zero-order valence-corrected chi connectivity index (χ0v) is 10.3. The van der Waals surface area contributed by atoms with Crippen molar-refractivity contribution in [2.45, 2.75) is 18.6 Å². The van der Waals surface area contributed by atoms with Crippen LogP contribution in [-0.2, 0) is 15.6 Å². The van der Waals surface area contributed by atoms with Crippen molar-refractivity contribution in [1.29, 1.82) is 0 Å². The molecular weight excluding hydrogens is 248 g/mol. The van der Waals surface area contributed by atoms with Crippen LogP contribution in [0.3, 0.4) is 0 Å². The minimum Gasteiger partial charge on any atom is -0.480 e. The first-order chi connectivity index (χ1) is 7.91. The molecule has 1 heterocycles. The van der Waals surface area contributed by atoms with E-state index in [1.54, 1.807) is 0 Å². The van der Waals surface area contributed by atoms with Crippen molar-refractivity contribution < 1.29 is 24.0 Å². The molecule has 1 fully saturated rings. The number of likely N-dealkylation sites (tertiary alicyclic amines) is 1. The Morgan fingerprint density at radius 1 is 1.53 bits per heavy atom. The summed E-state index contributed by atoms with van der Waals surface area (Å²) in [7, 11) is -1.01. The van der Waals surface area contributed by atoms with Gasteiger partial charge in [0.2, 0.25) is 0 Å². The summed E-state index contributed by atoms with van der Waals surface area (Å²) in [5, 5.41) is 20.7. The second-order valence-electron chi connectivity index (χ2n) is 3.91. The topological polar surface area (TPSA) is 107 Å². The third kappa shape index (κ3) is 3.97. The Balaban J connectivity index is 2.49. The predicted octanol–water partition coefficient (Wildman–Crippen LogP) is -1.41. The van der Waals surface area contributed by atoms with Gasteiger partial charge in [0.05, 0.1) is 6.10 Å². The average molecular weight is 264 g/mol.